The van der Waals surface area contributed by atoms with Gasteiger partial charge in [-0.3, -0.25) is 4.68 Å². The molecule has 1 heterocycles. The molecule has 1 aromatic heterocycles. The van der Waals surface area contributed by atoms with Gasteiger partial charge in [0.1, 0.15) is 0 Å². The molecule has 17 heavy (non-hydrogen) atoms. The monoisotopic (exact) mass is 249 g/mol. The van der Waals surface area contributed by atoms with Gasteiger partial charge in [-0.05, 0) is 37.2 Å². The van der Waals surface area contributed by atoms with Gasteiger partial charge in [-0.2, -0.15) is 5.10 Å². The highest BCUT2D eigenvalue weighted by Gasteiger charge is 2.15. The van der Waals surface area contributed by atoms with Gasteiger partial charge in [0.15, 0.2) is 0 Å². The van der Waals surface area contributed by atoms with Crippen LogP contribution < -0.4 is 5.32 Å². The number of hydrogen-bond acceptors (Lipinski definition) is 2. The summed E-state index contributed by atoms with van der Waals surface area (Å²) in [6.45, 7) is 2.02. The summed E-state index contributed by atoms with van der Waals surface area (Å²) in [7, 11) is 3.89. The third kappa shape index (κ3) is 2.35. The van der Waals surface area contributed by atoms with Crippen LogP contribution in [0.4, 0.5) is 0 Å². The van der Waals surface area contributed by atoms with Crippen molar-refractivity contribution in [1.29, 1.82) is 0 Å². The third-order valence-electron chi connectivity index (χ3n) is 2.96. The Kier molecular flexibility index (Phi) is 3.50. The van der Waals surface area contributed by atoms with Crippen LogP contribution in [0.25, 0.3) is 0 Å². The van der Waals surface area contributed by atoms with E-state index in [0.717, 1.165) is 16.3 Å². The predicted molar refractivity (Wildman–Crippen MR) is 70.3 cm³/mol. The zero-order chi connectivity index (χ0) is 12.4. The van der Waals surface area contributed by atoms with Crippen LogP contribution in [0, 0.1) is 6.92 Å². The fraction of sp³-hybridized carbons (Fsp3) is 0.308. The molecular formula is C13H16ClN3. The molecule has 1 atom stereocenters. The summed E-state index contributed by atoms with van der Waals surface area (Å²) in [6.07, 6.45) is 1.81. The lowest BCUT2D eigenvalue weighted by Gasteiger charge is -2.17. The fourth-order valence-corrected chi connectivity index (χ4v) is 2.12. The molecule has 2 aromatic rings. The first-order valence-corrected chi connectivity index (χ1v) is 5.92. The Bertz CT molecular complexity index is 519. The van der Waals surface area contributed by atoms with Crippen LogP contribution in [0.5, 0.6) is 0 Å². The van der Waals surface area contributed by atoms with Crippen molar-refractivity contribution in [3.8, 4) is 0 Å². The lowest BCUT2D eigenvalue weighted by atomic mass is 10.0. The maximum atomic E-state index is 6.05. The van der Waals surface area contributed by atoms with Crippen LogP contribution in [-0.4, -0.2) is 16.8 Å². The molecule has 0 aliphatic heterocycles. The van der Waals surface area contributed by atoms with Crippen LogP contribution in [0.15, 0.2) is 30.5 Å². The summed E-state index contributed by atoms with van der Waals surface area (Å²) in [5, 5.41) is 8.31. The Labute approximate surface area is 106 Å². The number of halogens is 1. The van der Waals surface area contributed by atoms with Crippen molar-refractivity contribution >= 4 is 11.6 Å². The second kappa shape index (κ2) is 4.90. The molecule has 1 aromatic carbocycles. The average molecular weight is 250 g/mol. The van der Waals surface area contributed by atoms with Crippen LogP contribution in [0.2, 0.25) is 5.02 Å². The topological polar surface area (TPSA) is 29.9 Å². The highest BCUT2D eigenvalue weighted by molar-refractivity contribution is 6.31. The summed E-state index contributed by atoms with van der Waals surface area (Å²) < 4.78 is 1.88. The Balaban J connectivity index is 2.42. The zero-order valence-electron chi connectivity index (χ0n) is 10.2. The van der Waals surface area contributed by atoms with E-state index in [4.69, 9.17) is 11.6 Å². The summed E-state index contributed by atoms with van der Waals surface area (Å²) in [6, 6.07) is 8.25. The minimum atomic E-state index is 0.137. The lowest BCUT2D eigenvalue weighted by molar-refractivity contribution is 0.606. The first kappa shape index (κ1) is 12.1. The normalized spacial score (nSPS) is 12.7. The number of aromatic nitrogens is 2. The third-order valence-corrected chi connectivity index (χ3v) is 3.38. The Morgan fingerprint density at radius 3 is 2.65 bits per heavy atom. The second-order valence-corrected chi connectivity index (χ2v) is 4.52. The predicted octanol–water partition coefficient (Wildman–Crippen LogP) is 2.69. The van der Waals surface area contributed by atoms with Gasteiger partial charge in [-0.1, -0.05) is 23.7 Å². The van der Waals surface area contributed by atoms with Crippen molar-refractivity contribution in [2.75, 3.05) is 7.05 Å². The SMILES string of the molecule is CNC(c1ccc(Cl)c(C)c1)c1ccnn1C. The van der Waals surface area contributed by atoms with Crippen LogP contribution >= 0.6 is 11.6 Å². The van der Waals surface area contributed by atoms with Crippen LogP contribution in [-0.2, 0) is 7.05 Å². The molecule has 4 heteroatoms. The number of hydrogen-bond donors (Lipinski definition) is 1. The van der Waals surface area contributed by atoms with Crippen molar-refractivity contribution in [3.05, 3.63) is 52.3 Å². The average Bonchev–Trinajstić information content (AvgIpc) is 2.71. The van der Waals surface area contributed by atoms with E-state index in [-0.39, 0.29) is 6.04 Å². The lowest BCUT2D eigenvalue weighted by Crippen LogP contribution is -2.20. The second-order valence-electron chi connectivity index (χ2n) is 4.11. The number of nitrogens with zero attached hydrogens (tertiary/aromatic N) is 2. The number of rotatable bonds is 3. The summed E-state index contributed by atoms with van der Waals surface area (Å²) in [5.74, 6) is 0. The molecule has 0 aliphatic rings. The van der Waals surface area contributed by atoms with Crippen molar-refractivity contribution in [1.82, 2.24) is 15.1 Å². The van der Waals surface area contributed by atoms with Gasteiger partial charge in [0.2, 0.25) is 0 Å². The van der Waals surface area contributed by atoms with Gasteiger partial charge in [-0.25, -0.2) is 0 Å². The fourth-order valence-electron chi connectivity index (χ4n) is 2.00. The van der Waals surface area contributed by atoms with E-state index in [0.29, 0.717) is 0 Å². The first-order chi connectivity index (χ1) is 8.13. The maximum absolute atomic E-state index is 6.05. The molecule has 0 saturated heterocycles. The quantitative estimate of drug-likeness (QED) is 0.907. The van der Waals surface area contributed by atoms with Gasteiger partial charge in [0.25, 0.3) is 0 Å². The summed E-state index contributed by atoms with van der Waals surface area (Å²) in [4.78, 5) is 0. The van der Waals surface area contributed by atoms with Gasteiger partial charge < -0.3 is 5.32 Å². The van der Waals surface area contributed by atoms with Crippen molar-refractivity contribution in [2.45, 2.75) is 13.0 Å². The minimum absolute atomic E-state index is 0.137. The van der Waals surface area contributed by atoms with Crippen molar-refractivity contribution < 1.29 is 0 Å². The molecule has 0 amide bonds. The summed E-state index contributed by atoms with van der Waals surface area (Å²) >= 11 is 6.05. The van der Waals surface area contributed by atoms with Crippen LogP contribution in [0.3, 0.4) is 0 Å². The molecule has 0 saturated carbocycles. The largest absolute Gasteiger partial charge is 0.308 e. The smallest absolute Gasteiger partial charge is 0.0745 e. The molecule has 1 unspecified atom stereocenters. The Hall–Kier alpha value is -1.32. The molecule has 0 bridgehead atoms. The van der Waals surface area contributed by atoms with Gasteiger partial charge in [0, 0.05) is 18.3 Å². The Morgan fingerprint density at radius 1 is 1.35 bits per heavy atom. The van der Waals surface area contributed by atoms with E-state index < -0.39 is 0 Å². The van der Waals surface area contributed by atoms with Crippen LogP contribution in [0.1, 0.15) is 22.9 Å². The standard InChI is InChI=1S/C13H16ClN3/c1-9-8-10(4-5-11(9)14)13(15-2)12-6-7-16-17(12)3/h4-8,13,15H,1-3H3. The number of aryl methyl sites for hydroxylation is 2. The van der Waals surface area contributed by atoms with E-state index in [2.05, 4.69) is 16.5 Å². The molecule has 0 fully saturated rings. The van der Waals surface area contributed by atoms with E-state index >= 15 is 0 Å². The van der Waals surface area contributed by atoms with E-state index in [1.807, 2.05) is 50.1 Å². The van der Waals surface area contributed by atoms with Gasteiger partial charge >= 0.3 is 0 Å². The molecule has 0 radical (unpaired) electrons. The van der Waals surface area contributed by atoms with E-state index in [1.54, 1.807) is 0 Å². The molecule has 2 rings (SSSR count). The number of benzene rings is 1. The molecule has 0 aliphatic carbocycles. The first-order valence-electron chi connectivity index (χ1n) is 5.54. The van der Waals surface area contributed by atoms with E-state index in [1.165, 1.54) is 5.56 Å². The van der Waals surface area contributed by atoms with Gasteiger partial charge in [0.05, 0.1) is 11.7 Å². The number of nitrogens with one attached hydrogen (secondary N) is 1. The molecule has 3 nitrogen and oxygen atoms in total. The zero-order valence-corrected chi connectivity index (χ0v) is 11.0. The van der Waals surface area contributed by atoms with Gasteiger partial charge in [-0.15, -0.1) is 0 Å². The minimum Gasteiger partial charge on any atom is -0.308 e. The van der Waals surface area contributed by atoms with E-state index in [9.17, 15) is 0 Å². The molecular weight excluding hydrogens is 234 g/mol. The highest BCUT2D eigenvalue weighted by Crippen LogP contribution is 2.25. The maximum Gasteiger partial charge on any atom is 0.0745 e. The van der Waals surface area contributed by atoms with Crippen molar-refractivity contribution in [2.24, 2.45) is 7.05 Å². The highest BCUT2D eigenvalue weighted by atomic mass is 35.5. The Morgan fingerprint density at radius 2 is 2.12 bits per heavy atom. The molecule has 1 N–H and O–H groups in total. The summed E-state index contributed by atoms with van der Waals surface area (Å²) in [5.41, 5.74) is 3.42. The van der Waals surface area contributed by atoms with Crippen molar-refractivity contribution in [3.63, 3.8) is 0 Å². The molecule has 0 spiro atoms. The molecule has 90 valence electrons.